The van der Waals surface area contributed by atoms with Gasteiger partial charge in [-0.3, -0.25) is 4.98 Å². The molecule has 0 fully saturated rings. The zero-order chi connectivity index (χ0) is 9.97. The van der Waals surface area contributed by atoms with Crippen LogP contribution in [0.5, 0.6) is 5.75 Å². The summed E-state index contributed by atoms with van der Waals surface area (Å²) in [5.74, 6) is 0.164. The Morgan fingerprint density at radius 3 is 2.64 bits per heavy atom. The van der Waals surface area contributed by atoms with Crippen molar-refractivity contribution in [2.75, 3.05) is 5.73 Å². The number of pyridine rings is 1. The first-order chi connectivity index (χ1) is 6.75. The lowest BCUT2D eigenvalue weighted by atomic mass is 10.1. The summed E-state index contributed by atoms with van der Waals surface area (Å²) in [6, 6.07) is 10.8. The van der Waals surface area contributed by atoms with Crippen molar-refractivity contribution < 1.29 is 5.11 Å². The molecule has 3 nitrogen and oxygen atoms in total. The summed E-state index contributed by atoms with van der Waals surface area (Å²) >= 11 is 0. The number of nitrogens with zero attached hydrogens (tertiary/aromatic N) is 1. The van der Waals surface area contributed by atoms with Crippen LogP contribution >= 0.6 is 0 Å². The van der Waals surface area contributed by atoms with E-state index in [0.717, 1.165) is 11.3 Å². The summed E-state index contributed by atoms with van der Waals surface area (Å²) in [6.45, 7) is 0. The van der Waals surface area contributed by atoms with Crippen LogP contribution in [0.2, 0.25) is 0 Å². The fourth-order valence-corrected chi connectivity index (χ4v) is 1.25. The molecule has 1 aromatic heterocycles. The molecule has 0 bridgehead atoms. The maximum atomic E-state index is 9.07. The van der Waals surface area contributed by atoms with E-state index in [1.165, 1.54) is 6.20 Å². The second-order valence-corrected chi connectivity index (χ2v) is 3.03. The van der Waals surface area contributed by atoms with E-state index in [1.54, 1.807) is 12.1 Å². The molecule has 1 heterocycles. The Labute approximate surface area is 81.8 Å². The molecule has 0 saturated carbocycles. The van der Waals surface area contributed by atoms with Crippen LogP contribution in [0.25, 0.3) is 11.3 Å². The summed E-state index contributed by atoms with van der Waals surface area (Å²) in [5.41, 5.74) is 8.10. The normalized spacial score (nSPS) is 10.0. The third-order valence-corrected chi connectivity index (χ3v) is 1.93. The van der Waals surface area contributed by atoms with Gasteiger partial charge in [0.1, 0.15) is 5.75 Å². The SMILES string of the molecule is Nc1cccc(-c2ccc(O)cn2)c1. The topological polar surface area (TPSA) is 59.1 Å². The zero-order valence-corrected chi connectivity index (χ0v) is 7.51. The van der Waals surface area contributed by atoms with Crippen molar-refractivity contribution in [3.63, 3.8) is 0 Å². The van der Waals surface area contributed by atoms with E-state index >= 15 is 0 Å². The predicted octanol–water partition coefficient (Wildman–Crippen LogP) is 2.04. The molecule has 3 heteroatoms. The van der Waals surface area contributed by atoms with Gasteiger partial charge in [-0.25, -0.2) is 0 Å². The lowest BCUT2D eigenvalue weighted by molar-refractivity contribution is 0.473. The molecule has 0 radical (unpaired) electrons. The van der Waals surface area contributed by atoms with Gasteiger partial charge in [-0.15, -0.1) is 0 Å². The van der Waals surface area contributed by atoms with Crippen LogP contribution in [0.15, 0.2) is 42.6 Å². The highest BCUT2D eigenvalue weighted by atomic mass is 16.3. The van der Waals surface area contributed by atoms with Crippen LogP contribution in [-0.4, -0.2) is 10.1 Å². The van der Waals surface area contributed by atoms with E-state index in [0.29, 0.717) is 5.69 Å². The number of benzene rings is 1. The molecule has 0 amide bonds. The van der Waals surface area contributed by atoms with Crippen molar-refractivity contribution in [1.29, 1.82) is 0 Å². The fraction of sp³-hybridized carbons (Fsp3) is 0. The predicted molar refractivity (Wildman–Crippen MR) is 55.8 cm³/mol. The molecular weight excluding hydrogens is 176 g/mol. The highest BCUT2D eigenvalue weighted by Crippen LogP contribution is 2.20. The van der Waals surface area contributed by atoms with Crippen molar-refractivity contribution >= 4 is 5.69 Å². The number of aromatic nitrogens is 1. The Morgan fingerprint density at radius 2 is 2.00 bits per heavy atom. The van der Waals surface area contributed by atoms with Gasteiger partial charge in [0.05, 0.1) is 11.9 Å². The van der Waals surface area contributed by atoms with E-state index in [4.69, 9.17) is 10.8 Å². The third-order valence-electron chi connectivity index (χ3n) is 1.93. The van der Waals surface area contributed by atoms with Crippen LogP contribution in [-0.2, 0) is 0 Å². The highest BCUT2D eigenvalue weighted by Gasteiger charge is 1.98. The van der Waals surface area contributed by atoms with Gasteiger partial charge in [0, 0.05) is 11.3 Å². The number of nitrogen functional groups attached to an aromatic ring is 1. The van der Waals surface area contributed by atoms with Crippen LogP contribution in [0, 0.1) is 0 Å². The Morgan fingerprint density at radius 1 is 1.14 bits per heavy atom. The quantitative estimate of drug-likeness (QED) is 0.670. The Bertz CT molecular complexity index is 437. The standard InChI is InChI=1S/C11H10N2O/c12-9-3-1-2-8(6-9)11-5-4-10(14)7-13-11/h1-7,14H,12H2. The lowest BCUT2D eigenvalue weighted by Gasteiger charge is -2.01. The molecular formula is C11H10N2O. The summed E-state index contributed by atoms with van der Waals surface area (Å²) in [4.78, 5) is 4.08. The largest absolute Gasteiger partial charge is 0.506 e. The molecule has 0 aliphatic heterocycles. The van der Waals surface area contributed by atoms with E-state index in [-0.39, 0.29) is 5.75 Å². The minimum absolute atomic E-state index is 0.164. The van der Waals surface area contributed by atoms with Crippen LogP contribution in [0.4, 0.5) is 5.69 Å². The van der Waals surface area contributed by atoms with E-state index < -0.39 is 0 Å². The number of anilines is 1. The summed E-state index contributed by atoms with van der Waals surface area (Å²) in [5, 5.41) is 9.07. The molecule has 2 aromatic rings. The van der Waals surface area contributed by atoms with Gasteiger partial charge < -0.3 is 10.8 Å². The minimum Gasteiger partial charge on any atom is -0.506 e. The molecule has 70 valence electrons. The van der Waals surface area contributed by atoms with Crippen molar-refractivity contribution in [3.05, 3.63) is 42.6 Å². The smallest absolute Gasteiger partial charge is 0.133 e. The number of rotatable bonds is 1. The molecule has 3 N–H and O–H groups in total. The average Bonchev–Trinajstić information content (AvgIpc) is 2.19. The van der Waals surface area contributed by atoms with Gasteiger partial charge in [-0.05, 0) is 24.3 Å². The average molecular weight is 186 g/mol. The molecule has 1 aromatic carbocycles. The van der Waals surface area contributed by atoms with Gasteiger partial charge in [-0.2, -0.15) is 0 Å². The maximum Gasteiger partial charge on any atom is 0.133 e. The van der Waals surface area contributed by atoms with Crippen LogP contribution < -0.4 is 5.73 Å². The first-order valence-electron chi connectivity index (χ1n) is 4.26. The van der Waals surface area contributed by atoms with Crippen molar-refractivity contribution in [2.45, 2.75) is 0 Å². The Balaban J connectivity index is 2.44. The van der Waals surface area contributed by atoms with Crippen molar-refractivity contribution in [1.82, 2.24) is 4.98 Å². The van der Waals surface area contributed by atoms with E-state index in [9.17, 15) is 0 Å². The summed E-state index contributed by atoms with van der Waals surface area (Å²) in [7, 11) is 0. The van der Waals surface area contributed by atoms with E-state index in [1.807, 2.05) is 24.3 Å². The minimum atomic E-state index is 0.164. The van der Waals surface area contributed by atoms with Gasteiger partial charge in [0.15, 0.2) is 0 Å². The van der Waals surface area contributed by atoms with Crippen molar-refractivity contribution in [3.8, 4) is 17.0 Å². The fourth-order valence-electron chi connectivity index (χ4n) is 1.25. The van der Waals surface area contributed by atoms with Gasteiger partial charge in [-0.1, -0.05) is 12.1 Å². The molecule has 0 atom stereocenters. The molecule has 0 saturated heterocycles. The highest BCUT2D eigenvalue weighted by molar-refractivity contribution is 5.64. The molecule has 2 rings (SSSR count). The van der Waals surface area contributed by atoms with Gasteiger partial charge >= 0.3 is 0 Å². The number of hydrogen-bond donors (Lipinski definition) is 2. The second kappa shape index (κ2) is 3.38. The first-order valence-corrected chi connectivity index (χ1v) is 4.26. The zero-order valence-electron chi connectivity index (χ0n) is 7.51. The Kier molecular flexibility index (Phi) is 2.07. The van der Waals surface area contributed by atoms with Gasteiger partial charge in [0.25, 0.3) is 0 Å². The van der Waals surface area contributed by atoms with E-state index in [2.05, 4.69) is 4.98 Å². The monoisotopic (exact) mass is 186 g/mol. The first kappa shape index (κ1) is 8.56. The third kappa shape index (κ3) is 1.66. The molecule has 0 aliphatic carbocycles. The van der Waals surface area contributed by atoms with Crippen molar-refractivity contribution in [2.24, 2.45) is 0 Å². The number of hydrogen-bond acceptors (Lipinski definition) is 3. The maximum absolute atomic E-state index is 9.07. The second-order valence-electron chi connectivity index (χ2n) is 3.03. The lowest BCUT2D eigenvalue weighted by Crippen LogP contribution is -1.86. The number of nitrogens with two attached hydrogens (primary N) is 1. The van der Waals surface area contributed by atoms with Crippen LogP contribution in [0.3, 0.4) is 0 Å². The molecule has 0 aliphatic rings. The molecule has 0 spiro atoms. The summed E-state index contributed by atoms with van der Waals surface area (Å²) in [6.07, 6.45) is 1.42. The van der Waals surface area contributed by atoms with Crippen LogP contribution in [0.1, 0.15) is 0 Å². The summed E-state index contributed by atoms with van der Waals surface area (Å²) < 4.78 is 0. The number of aromatic hydroxyl groups is 1. The van der Waals surface area contributed by atoms with Gasteiger partial charge in [0.2, 0.25) is 0 Å². The molecule has 0 unspecified atom stereocenters. The Hall–Kier alpha value is -2.03. The molecule has 14 heavy (non-hydrogen) atoms.